The van der Waals surface area contributed by atoms with Gasteiger partial charge in [-0.25, -0.2) is 8.78 Å². The van der Waals surface area contributed by atoms with Gasteiger partial charge in [0.1, 0.15) is 11.6 Å². The fraction of sp³-hybridized carbons (Fsp3) is 0.167. The number of halogens is 3. The van der Waals surface area contributed by atoms with Gasteiger partial charge in [-0.1, -0.05) is 0 Å². The number of nitrogens with one attached hydrogen (secondary N) is 1. The third kappa shape index (κ3) is 2.66. The number of hydrogen-bond acceptors (Lipinski definition) is 2. The first-order valence-corrected chi connectivity index (χ1v) is 5.80. The zero-order chi connectivity index (χ0) is 12.4. The van der Waals surface area contributed by atoms with E-state index in [1.165, 1.54) is 6.07 Å². The van der Waals surface area contributed by atoms with Crippen LogP contribution in [0.2, 0.25) is 0 Å². The van der Waals surface area contributed by atoms with Gasteiger partial charge in [-0.3, -0.25) is 0 Å². The SMILES string of the molecule is CC(Nc1c(F)cc(F)cc1Br)c1ccoc1. The first kappa shape index (κ1) is 12.1. The van der Waals surface area contributed by atoms with E-state index in [1.54, 1.807) is 18.6 Å². The molecule has 0 spiro atoms. The zero-order valence-corrected chi connectivity index (χ0v) is 10.6. The second kappa shape index (κ2) is 4.87. The molecule has 0 aliphatic carbocycles. The van der Waals surface area contributed by atoms with E-state index < -0.39 is 11.6 Å². The van der Waals surface area contributed by atoms with E-state index in [4.69, 9.17) is 4.42 Å². The van der Waals surface area contributed by atoms with Crippen LogP contribution in [-0.2, 0) is 0 Å². The zero-order valence-electron chi connectivity index (χ0n) is 9.01. The van der Waals surface area contributed by atoms with Gasteiger partial charge in [-0.05, 0) is 35.0 Å². The minimum atomic E-state index is -0.632. The van der Waals surface area contributed by atoms with Crippen LogP contribution >= 0.6 is 15.9 Å². The normalized spacial score (nSPS) is 12.5. The van der Waals surface area contributed by atoms with Crippen molar-refractivity contribution in [2.75, 3.05) is 5.32 Å². The lowest BCUT2D eigenvalue weighted by atomic mass is 10.1. The van der Waals surface area contributed by atoms with Crippen molar-refractivity contribution < 1.29 is 13.2 Å². The van der Waals surface area contributed by atoms with Gasteiger partial charge in [0, 0.05) is 16.1 Å². The molecule has 0 amide bonds. The van der Waals surface area contributed by atoms with Crippen molar-refractivity contribution in [3.05, 3.63) is 52.4 Å². The van der Waals surface area contributed by atoms with Crippen LogP contribution in [0.25, 0.3) is 0 Å². The molecular formula is C12H10BrF2NO. The topological polar surface area (TPSA) is 25.2 Å². The molecule has 0 aliphatic heterocycles. The Kier molecular flexibility index (Phi) is 3.47. The number of anilines is 1. The average molecular weight is 302 g/mol. The van der Waals surface area contributed by atoms with Gasteiger partial charge in [0.05, 0.1) is 24.3 Å². The Hall–Kier alpha value is -1.36. The van der Waals surface area contributed by atoms with Crippen LogP contribution in [0, 0.1) is 11.6 Å². The summed E-state index contributed by atoms with van der Waals surface area (Å²) in [5.41, 5.74) is 1.13. The molecule has 1 N–H and O–H groups in total. The molecule has 17 heavy (non-hydrogen) atoms. The van der Waals surface area contributed by atoms with Crippen molar-refractivity contribution in [3.63, 3.8) is 0 Å². The molecule has 0 bridgehead atoms. The van der Waals surface area contributed by atoms with E-state index in [2.05, 4.69) is 21.2 Å². The number of hydrogen-bond donors (Lipinski definition) is 1. The Morgan fingerprint density at radius 3 is 2.71 bits per heavy atom. The molecule has 2 aromatic rings. The number of benzene rings is 1. The maximum Gasteiger partial charge on any atom is 0.150 e. The van der Waals surface area contributed by atoms with E-state index in [0.29, 0.717) is 4.47 Å². The van der Waals surface area contributed by atoms with Crippen LogP contribution < -0.4 is 5.32 Å². The molecule has 2 nitrogen and oxygen atoms in total. The van der Waals surface area contributed by atoms with Gasteiger partial charge >= 0.3 is 0 Å². The van der Waals surface area contributed by atoms with Crippen LogP contribution in [0.4, 0.5) is 14.5 Å². The van der Waals surface area contributed by atoms with Crippen molar-refractivity contribution in [2.45, 2.75) is 13.0 Å². The van der Waals surface area contributed by atoms with Gasteiger partial charge in [0.2, 0.25) is 0 Å². The summed E-state index contributed by atoms with van der Waals surface area (Å²) in [5.74, 6) is -1.25. The summed E-state index contributed by atoms with van der Waals surface area (Å²) in [5, 5.41) is 2.96. The molecular weight excluding hydrogens is 292 g/mol. The number of furan rings is 1. The second-order valence-corrected chi connectivity index (χ2v) is 4.52. The Labute approximate surface area is 106 Å². The lowest BCUT2D eigenvalue weighted by molar-refractivity contribution is 0.561. The molecule has 1 unspecified atom stereocenters. The maximum absolute atomic E-state index is 13.6. The highest BCUT2D eigenvalue weighted by molar-refractivity contribution is 9.10. The quantitative estimate of drug-likeness (QED) is 0.903. The predicted octanol–water partition coefficient (Wildman–Crippen LogP) is 4.49. The molecule has 5 heteroatoms. The maximum atomic E-state index is 13.6. The summed E-state index contributed by atoms with van der Waals surface area (Å²) in [6.45, 7) is 1.86. The summed E-state index contributed by atoms with van der Waals surface area (Å²) in [4.78, 5) is 0. The molecule has 1 heterocycles. The monoisotopic (exact) mass is 301 g/mol. The van der Waals surface area contributed by atoms with E-state index in [1.807, 2.05) is 6.92 Å². The Bertz CT molecular complexity index is 490. The van der Waals surface area contributed by atoms with Crippen LogP contribution in [0.1, 0.15) is 18.5 Å². The Morgan fingerprint density at radius 2 is 2.12 bits per heavy atom. The smallest absolute Gasteiger partial charge is 0.150 e. The van der Waals surface area contributed by atoms with E-state index >= 15 is 0 Å². The predicted molar refractivity (Wildman–Crippen MR) is 64.8 cm³/mol. The van der Waals surface area contributed by atoms with Gasteiger partial charge in [-0.2, -0.15) is 0 Å². The van der Waals surface area contributed by atoms with Gasteiger partial charge in [-0.15, -0.1) is 0 Å². The molecule has 0 saturated carbocycles. The van der Waals surface area contributed by atoms with Crippen LogP contribution in [0.5, 0.6) is 0 Å². The minimum Gasteiger partial charge on any atom is -0.472 e. The van der Waals surface area contributed by atoms with E-state index in [9.17, 15) is 8.78 Å². The van der Waals surface area contributed by atoms with Crippen LogP contribution in [0.15, 0.2) is 39.6 Å². The largest absolute Gasteiger partial charge is 0.472 e. The van der Waals surface area contributed by atoms with Gasteiger partial charge in [0.25, 0.3) is 0 Å². The second-order valence-electron chi connectivity index (χ2n) is 3.67. The molecule has 0 saturated heterocycles. The third-order valence-corrected chi connectivity index (χ3v) is 3.04. The minimum absolute atomic E-state index is 0.134. The first-order valence-electron chi connectivity index (χ1n) is 5.01. The average Bonchev–Trinajstić information content (AvgIpc) is 2.76. The molecule has 90 valence electrons. The molecule has 0 aliphatic rings. The lowest BCUT2D eigenvalue weighted by Gasteiger charge is -2.15. The molecule has 1 aromatic carbocycles. The summed E-state index contributed by atoms with van der Waals surface area (Å²) in [7, 11) is 0. The highest BCUT2D eigenvalue weighted by Crippen LogP contribution is 2.30. The summed E-state index contributed by atoms with van der Waals surface area (Å²) < 4.78 is 31.8. The van der Waals surface area contributed by atoms with E-state index in [0.717, 1.165) is 11.6 Å². The fourth-order valence-corrected chi connectivity index (χ4v) is 2.02. The summed E-state index contributed by atoms with van der Waals surface area (Å²) in [6, 6.07) is 3.71. The molecule has 0 radical (unpaired) electrons. The van der Waals surface area contributed by atoms with Crippen molar-refractivity contribution in [1.82, 2.24) is 0 Å². The number of rotatable bonds is 3. The van der Waals surface area contributed by atoms with Crippen molar-refractivity contribution in [3.8, 4) is 0 Å². The fourth-order valence-electron chi connectivity index (χ4n) is 1.50. The standard InChI is InChI=1S/C12H10BrF2NO/c1-7(8-2-3-17-6-8)16-12-10(13)4-9(14)5-11(12)15/h2-7,16H,1H3. The van der Waals surface area contributed by atoms with Crippen molar-refractivity contribution in [1.29, 1.82) is 0 Å². The Balaban J connectivity index is 2.25. The lowest BCUT2D eigenvalue weighted by Crippen LogP contribution is -2.08. The molecule has 2 rings (SSSR count). The van der Waals surface area contributed by atoms with Crippen molar-refractivity contribution >= 4 is 21.6 Å². The Morgan fingerprint density at radius 1 is 1.35 bits per heavy atom. The highest BCUT2D eigenvalue weighted by atomic mass is 79.9. The summed E-state index contributed by atoms with van der Waals surface area (Å²) in [6.07, 6.45) is 3.12. The molecule has 1 aromatic heterocycles. The van der Waals surface area contributed by atoms with E-state index in [-0.39, 0.29) is 11.7 Å². The summed E-state index contributed by atoms with van der Waals surface area (Å²) >= 11 is 3.12. The highest BCUT2D eigenvalue weighted by Gasteiger charge is 2.13. The van der Waals surface area contributed by atoms with Crippen LogP contribution in [-0.4, -0.2) is 0 Å². The molecule has 0 fully saturated rings. The van der Waals surface area contributed by atoms with Crippen molar-refractivity contribution in [2.24, 2.45) is 0 Å². The van der Waals surface area contributed by atoms with Crippen LogP contribution in [0.3, 0.4) is 0 Å². The van der Waals surface area contributed by atoms with Gasteiger partial charge < -0.3 is 9.73 Å². The van der Waals surface area contributed by atoms with Gasteiger partial charge in [0.15, 0.2) is 0 Å². The third-order valence-electron chi connectivity index (χ3n) is 2.41. The first-order chi connectivity index (χ1) is 8.08. The molecule has 1 atom stereocenters.